The first-order valence-corrected chi connectivity index (χ1v) is 12.4. The molecule has 1 aromatic rings. The van der Waals surface area contributed by atoms with Crippen LogP contribution in [-0.4, -0.2) is 51.6 Å². The van der Waals surface area contributed by atoms with E-state index in [4.69, 9.17) is 4.74 Å². The second-order valence-corrected chi connectivity index (χ2v) is 12.4. The van der Waals surface area contributed by atoms with Crippen LogP contribution in [0, 0.1) is 39.9 Å². The van der Waals surface area contributed by atoms with Crippen molar-refractivity contribution in [1.29, 1.82) is 0 Å². The van der Waals surface area contributed by atoms with E-state index >= 15 is 0 Å². The van der Waals surface area contributed by atoms with Crippen molar-refractivity contribution >= 4 is 5.97 Å². The molecule has 5 heteroatoms. The van der Waals surface area contributed by atoms with E-state index in [1.165, 1.54) is 0 Å². The fourth-order valence-corrected chi connectivity index (χ4v) is 11.5. The summed E-state index contributed by atoms with van der Waals surface area (Å²) in [5, 5.41) is 23.3. The molecule has 2 spiro atoms. The van der Waals surface area contributed by atoms with Gasteiger partial charge in [-0.25, -0.2) is 4.79 Å². The Kier molecular flexibility index (Phi) is 3.03. The molecular formula is C27H31NO4. The van der Waals surface area contributed by atoms with Crippen molar-refractivity contribution in [3.05, 3.63) is 48.0 Å². The minimum absolute atomic E-state index is 0.00926. The van der Waals surface area contributed by atoms with Gasteiger partial charge in [-0.15, -0.1) is 0 Å². The summed E-state index contributed by atoms with van der Waals surface area (Å²) in [5.74, 6) is 0.422. The number of carbonyl (C=O) groups is 1. The molecule has 0 aromatic heterocycles. The van der Waals surface area contributed by atoms with Crippen molar-refractivity contribution in [3.63, 3.8) is 0 Å². The van der Waals surface area contributed by atoms with Gasteiger partial charge >= 0.3 is 5.97 Å². The zero-order valence-electron chi connectivity index (χ0n) is 18.5. The smallest absolute Gasteiger partial charge is 0.339 e. The number of aliphatic hydroxyl groups excluding tert-OH is 2. The minimum atomic E-state index is -0.676. The molecule has 6 aliphatic carbocycles. The largest absolute Gasteiger partial charge is 0.440 e. The van der Waals surface area contributed by atoms with Gasteiger partial charge in [-0.3, -0.25) is 4.90 Å². The quantitative estimate of drug-likeness (QED) is 0.554. The van der Waals surface area contributed by atoms with Crippen molar-refractivity contribution in [3.8, 4) is 0 Å². The lowest BCUT2D eigenvalue weighted by atomic mass is 9.39. The molecule has 9 fully saturated rings. The maximum Gasteiger partial charge on any atom is 0.339 e. The fraction of sp³-hybridized carbons (Fsp3) is 0.667. The summed E-state index contributed by atoms with van der Waals surface area (Å²) in [4.78, 5) is 16.0. The Balaban J connectivity index is 1.35. The van der Waals surface area contributed by atoms with Crippen LogP contribution >= 0.6 is 0 Å². The first-order chi connectivity index (χ1) is 15.3. The lowest BCUT2D eigenvalue weighted by molar-refractivity contribution is -0.271. The van der Waals surface area contributed by atoms with E-state index in [9.17, 15) is 15.0 Å². The molecule has 3 heterocycles. The molecule has 12 atom stereocenters. The van der Waals surface area contributed by atoms with Gasteiger partial charge in [-0.2, -0.15) is 0 Å². The number of carbonyl (C=O) groups excluding carboxylic acids is 1. The molecule has 1 aromatic carbocycles. The lowest BCUT2D eigenvalue weighted by Crippen LogP contribution is -2.72. The van der Waals surface area contributed by atoms with E-state index in [1.54, 1.807) is 0 Å². The zero-order chi connectivity index (χ0) is 21.8. The molecule has 3 saturated heterocycles. The van der Waals surface area contributed by atoms with Gasteiger partial charge in [0.25, 0.3) is 0 Å². The lowest BCUT2D eigenvalue weighted by Gasteiger charge is -2.67. The van der Waals surface area contributed by atoms with E-state index in [2.05, 4.69) is 18.4 Å². The third-order valence-electron chi connectivity index (χ3n) is 11.6. The van der Waals surface area contributed by atoms with Crippen molar-refractivity contribution in [2.45, 2.75) is 63.0 Å². The number of hydrogen-bond acceptors (Lipinski definition) is 5. The molecule has 168 valence electrons. The standard InChI is InChI=1S/C27H31NO4/c1-14-16-11-17-20-25-10-6-9-24(2)13-28(20)27(23(24)25,32-22(31)15-7-4-3-5-8-15)12-26(17,21(14)30)19(25)18(16)29/h3-5,7-8,16-21,23,29-30H,1,6,9-13H2,2H3/t16-,17+,18+,19+,20?,21-,23-,24+,25+,26?,27+/m1/s1. The second kappa shape index (κ2) is 5.18. The predicted octanol–water partition coefficient (Wildman–Crippen LogP) is 2.98. The van der Waals surface area contributed by atoms with Crippen LogP contribution in [0.15, 0.2) is 42.5 Å². The summed E-state index contributed by atoms with van der Waals surface area (Å²) in [6.45, 7) is 7.60. The highest BCUT2D eigenvalue weighted by atomic mass is 16.6. The summed E-state index contributed by atoms with van der Waals surface area (Å²) in [7, 11) is 0. The van der Waals surface area contributed by atoms with Crippen LogP contribution in [0.5, 0.6) is 0 Å². The van der Waals surface area contributed by atoms with Crippen molar-refractivity contribution in [2.75, 3.05) is 6.54 Å². The Morgan fingerprint density at radius 1 is 1.19 bits per heavy atom. The van der Waals surface area contributed by atoms with E-state index in [-0.39, 0.29) is 34.6 Å². The zero-order valence-corrected chi connectivity index (χ0v) is 18.5. The maximum absolute atomic E-state index is 13.4. The Bertz CT molecular complexity index is 1090. The van der Waals surface area contributed by atoms with Gasteiger partial charge in [-0.1, -0.05) is 38.1 Å². The highest BCUT2D eigenvalue weighted by Gasteiger charge is 2.94. The van der Waals surface area contributed by atoms with Gasteiger partial charge in [0, 0.05) is 47.6 Å². The van der Waals surface area contributed by atoms with Gasteiger partial charge in [-0.05, 0) is 48.3 Å². The van der Waals surface area contributed by atoms with E-state index in [0.29, 0.717) is 23.9 Å². The molecule has 5 nitrogen and oxygen atoms in total. The van der Waals surface area contributed by atoms with Gasteiger partial charge in [0.1, 0.15) is 0 Å². The molecule has 3 aliphatic heterocycles. The molecule has 10 rings (SSSR count). The number of aliphatic hydroxyl groups is 2. The highest BCUT2D eigenvalue weighted by Crippen LogP contribution is 2.89. The monoisotopic (exact) mass is 433 g/mol. The van der Waals surface area contributed by atoms with Crippen LogP contribution in [-0.2, 0) is 4.74 Å². The molecule has 9 bridgehead atoms. The van der Waals surface area contributed by atoms with Crippen LogP contribution in [0.2, 0.25) is 0 Å². The summed E-state index contributed by atoms with van der Waals surface area (Å²) in [6.07, 6.45) is 3.90. The van der Waals surface area contributed by atoms with Gasteiger partial charge in [0.15, 0.2) is 5.72 Å². The van der Waals surface area contributed by atoms with E-state index in [1.807, 2.05) is 30.3 Å². The summed E-state index contributed by atoms with van der Waals surface area (Å²) in [6, 6.07) is 9.61. The predicted molar refractivity (Wildman–Crippen MR) is 116 cm³/mol. The Morgan fingerprint density at radius 3 is 2.75 bits per heavy atom. The van der Waals surface area contributed by atoms with Crippen LogP contribution in [0.1, 0.15) is 49.4 Å². The number of piperidine rings is 2. The normalized spacial score (nSPS) is 59.7. The average molecular weight is 434 g/mol. The van der Waals surface area contributed by atoms with E-state index in [0.717, 1.165) is 37.8 Å². The molecule has 9 aliphatic rings. The van der Waals surface area contributed by atoms with Gasteiger partial charge < -0.3 is 14.9 Å². The Labute approximate surface area is 188 Å². The van der Waals surface area contributed by atoms with Crippen LogP contribution in [0.25, 0.3) is 0 Å². The molecule has 0 radical (unpaired) electrons. The first-order valence-electron chi connectivity index (χ1n) is 12.4. The number of rotatable bonds is 2. The van der Waals surface area contributed by atoms with Crippen molar-refractivity contribution < 1.29 is 19.7 Å². The highest BCUT2D eigenvalue weighted by molar-refractivity contribution is 5.89. The average Bonchev–Trinajstić information content (AvgIpc) is 3.16. The summed E-state index contributed by atoms with van der Waals surface area (Å²) >= 11 is 0. The van der Waals surface area contributed by atoms with Gasteiger partial charge in [0.2, 0.25) is 0 Å². The fourth-order valence-electron chi connectivity index (χ4n) is 11.5. The maximum atomic E-state index is 13.4. The van der Waals surface area contributed by atoms with Crippen molar-refractivity contribution in [1.82, 2.24) is 4.90 Å². The molecular weight excluding hydrogens is 402 g/mol. The summed E-state index contributed by atoms with van der Waals surface area (Å²) < 4.78 is 6.63. The number of esters is 1. The number of fused-ring (bicyclic) bond motifs is 1. The molecule has 2 N–H and O–H groups in total. The first kappa shape index (κ1) is 18.7. The van der Waals surface area contributed by atoms with Crippen LogP contribution in [0.3, 0.4) is 0 Å². The second-order valence-electron chi connectivity index (χ2n) is 12.4. The Morgan fingerprint density at radius 2 is 1.97 bits per heavy atom. The van der Waals surface area contributed by atoms with Gasteiger partial charge in [0.05, 0.1) is 17.8 Å². The van der Waals surface area contributed by atoms with Crippen LogP contribution < -0.4 is 0 Å². The number of benzene rings is 1. The minimum Gasteiger partial charge on any atom is -0.440 e. The summed E-state index contributed by atoms with van der Waals surface area (Å²) in [5.41, 5.74) is 0.332. The SMILES string of the molecule is C=C1[C@H]2C[C@H]3C4N5C[C@]6(C)CCC[C@]47[C@H]([C@H]2O)C3(C[C@]5(OC(=O)c2ccccc2)[C@H]67)[C@@H]1O. The topological polar surface area (TPSA) is 70.0 Å². The molecule has 6 saturated carbocycles. The molecule has 0 amide bonds. The number of hydrogen-bond donors (Lipinski definition) is 2. The number of nitrogens with zero attached hydrogens (tertiary/aromatic N) is 1. The third-order valence-corrected chi connectivity index (χ3v) is 11.6. The van der Waals surface area contributed by atoms with Crippen molar-refractivity contribution in [2.24, 2.45) is 39.9 Å². The van der Waals surface area contributed by atoms with Crippen LogP contribution in [0.4, 0.5) is 0 Å². The molecule has 32 heavy (non-hydrogen) atoms. The third kappa shape index (κ3) is 1.56. The Hall–Kier alpha value is -1.69. The van der Waals surface area contributed by atoms with E-state index < -0.39 is 23.3 Å². The molecule has 3 unspecified atom stereocenters. The number of ether oxygens (including phenoxy) is 1.